The van der Waals surface area contributed by atoms with Gasteiger partial charge in [-0.3, -0.25) is 4.72 Å². The fourth-order valence-electron chi connectivity index (χ4n) is 1.35. The molecule has 17 heavy (non-hydrogen) atoms. The number of sulfonamides is 1. The molecule has 0 aromatic heterocycles. The van der Waals surface area contributed by atoms with E-state index < -0.39 is 10.0 Å². The van der Waals surface area contributed by atoms with E-state index in [0.717, 1.165) is 0 Å². The van der Waals surface area contributed by atoms with E-state index in [2.05, 4.69) is 4.72 Å². The average Bonchev–Trinajstić information content (AvgIpc) is 2.25. The predicted molar refractivity (Wildman–Crippen MR) is 66.7 cm³/mol. The molecule has 0 saturated heterocycles. The van der Waals surface area contributed by atoms with Crippen LogP contribution in [0.15, 0.2) is 18.2 Å². The number of nitrogens with one attached hydrogen (secondary N) is 1. The van der Waals surface area contributed by atoms with Gasteiger partial charge in [0.2, 0.25) is 10.0 Å². The van der Waals surface area contributed by atoms with Gasteiger partial charge in [-0.05, 0) is 25.0 Å². The highest BCUT2D eigenvalue weighted by Gasteiger charge is 2.13. The van der Waals surface area contributed by atoms with Crippen molar-refractivity contribution in [3.8, 4) is 5.75 Å². The number of aromatic hydroxyl groups is 1. The molecule has 1 aromatic carbocycles. The van der Waals surface area contributed by atoms with Crippen LogP contribution >= 0.6 is 0 Å². The minimum Gasteiger partial charge on any atom is -0.505 e. The molecular weight excluding hydrogens is 242 g/mol. The molecule has 0 atom stereocenters. The van der Waals surface area contributed by atoms with Gasteiger partial charge in [-0.15, -0.1) is 0 Å². The maximum atomic E-state index is 11.7. The number of ether oxygens (including phenoxy) is 1. The van der Waals surface area contributed by atoms with E-state index in [1.807, 2.05) is 0 Å². The van der Waals surface area contributed by atoms with E-state index in [4.69, 9.17) is 4.74 Å². The van der Waals surface area contributed by atoms with E-state index in [0.29, 0.717) is 18.6 Å². The first kappa shape index (κ1) is 13.8. The highest BCUT2D eigenvalue weighted by atomic mass is 32.2. The minimum atomic E-state index is -3.44. The number of phenols is 1. The van der Waals surface area contributed by atoms with Gasteiger partial charge in [0, 0.05) is 13.7 Å². The van der Waals surface area contributed by atoms with Gasteiger partial charge < -0.3 is 9.84 Å². The van der Waals surface area contributed by atoms with Gasteiger partial charge in [0.25, 0.3) is 0 Å². The standard InChI is InChI=1S/C11H17NO4S/c1-9-5-3-6-10(11(9)13)12-17(14,15)8-4-7-16-2/h3,5-6,12-13H,4,7-8H2,1-2H3. The number of aryl methyl sites for hydroxylation is 1. The molecule has 5 nitrogen and oxygen atoms in total. The van der Waals surface area contributed by atoms with Gasteiger partial charge in [-0.2, -0.15) is 0 Å². The summed E-state index contributed by atoms with van der Waals surface area (Å²) in [5.74, 6) is -0.0726. The van der Waals surface area contributed by atoms with Crippen LogP contribution in [0.1, 0.15) is 12.0 Å². The van der Waals surface area contributed by atoms with Gasteiger partial charge in [-0.25, -0.2) is 8.42 Å². The molecule has 0 bridgehead atoms. The Hall–Kier alpha value is -1.27. The minimum absolute atomic E-state index is 0.0335. The van der Waals surface area contributed by atoms with Crippen LogP contribution in [0.3, 0.4) is 0 Å². The Labute approximate surface area is 101 Å². The van der Waals surface area contributed by atoms with E-state index in [-0.39, 0.29) is 17.2 Å². The predicted octanol–water partition coefficient (Wildman–Crippen LogP) is 1.48. The Morgan fingerprint density at radius 1 is 1.41 bits per heavy atom. The lowest BCUT2D eigenvalue weighted by Gasteiger charge is -2.10. The van der Waals surface area contributed by atoms with Crippen LogP contribution in [0.5, 0.6) is 5.75 Å². The highest BCUT2D eigenvalue weighted by Crippen LogP contribution is 2.27. The Kier molecular flexibility index (Phi) is 4.77. The maximum absolute atomic E-state index is 11.7. The van der Waals surface area contributed by atoms with Crippen LogP contribution in [0.4, 0.5) is 5.69 Å². The number of para-hydroxylation sites is 1. The van der Waals surface area contributed by atoms with E-state index in [1.165, 1.54) is 13.2 Å². The molecule has 6 heteroatoms. The monoisotopic (exact) mass is 259 g/mol. The molecule has 96 valence electrons. The number of hydrogen-bond acceptors (Lipinski definition) is 4. The molecule has 0 saturated carbocycles. The van der Waals surface area contributed by atoms with Gasteiger partial charge in [0.1, 0.15) is 5.75 Å². The second-order valence-corrected chi connectivity index (χ2v) is 5.58. The summed E-state index contributed by atoms with van der Waals surface area (Å²) in [6, 6.07) is 4.91. The van der Waals surface area contributed by atoms with Gasteiger partial charge in [-0.1, -0.05) is 12.1 Å². The second kappa shape index (κ2) is 5.88. The zero-order chi connectivity index (χ0) is 12.9. The molecule has 0 aliphatic heterocycles. The van der Waals surface area contributed by atoms with Crippen LogP contribution in [0.25, 0.3) is 0 Å². The van der Waals surface area contributed by atoms with Crippen molar-refractivity contribution in [2.24, 2.45) is 0 Å². The Bertz CT molecular complexity index is 470. The summed E-state index contributed by atoms with van der Waals surface area (Å²) in [5, 5.41) is 9.68. The summed E-state index contributed by atoms with van der Waals surface area (Å²) >= 11 is 0. The number of methoxy groups -OCH3 is 1. The summed E-state index contributed by atoms with van der Waals surface area (Å²) in [7, 11) is -1.92. The molecular formula is C11H17NO4S. The van der Waals surface area contributed by atoms with Crippen LogP contribution in [0.2, 0.25) is 0 Å². The number of benzene rings is 1. The lowest BCUT2D eigenvalue weighted by molar-refractivity contribution is 0.199. The number of rotatable bonds is 6. The Balaban J connectivity index is 2.73. The van der Waals surface area contributed by atoms with Crippen LogP contribution in [0, 0.1) is 6.92 Å². The van der Waals surface area contributed by atoms with Crippen molar-refractivity contribution in [1.29, 1.82) is 0 Å². The molecule has 0 amide bonds. The second-order valence-electron chi connectivity index (χ2n) is 3.74. The molecule has 0 fully saturated rings. The van der Waals surface area contributed by atoms with Crippen molar-refractivity contribution >= 4 is 15.7 Å². The van der Waals surface area contributed by atoms with E-state index >= 15 is 0 Å². The van der Waals surface area contributed by atoms with Crippen molar-refractivity contribution in [1.82, 2.24) is 0 Å². The molecule has 0 radical (unpaired) electrons. The first-order valence-corrected chi connectivity index (χ1v) is 6.89. The third-order valence-corrected chi connectivity index (χ3v) is 3.62. The average molecular weight is 259 g/mol. The topological polar surface area (TPSA) is 75.6 Å². The molecule has 0 unspecified atom stereocenters. The van der Waals surface area contributed by atoms with Gasteiger partial charge >= 0.3 is 0 Å². The Morgan fingerprint density at radius 2 is 2.12 bits per heavy atom. The summed E-state index contributed by atoms with van der Waals surface area (Å²) in [6.45, 7) is 2.10. The van der Waals surface area contributed by atoms with Crippen molar-refractivity contribution in [2.75, 3.05) is 24.2 Å². The van der Waals surface area contributed by atoms with Gasteiger partial charge in [0.15, 0.2) is 0 Å². The molecule has 0 aliphatic carbocycles. The number of phenolic OH excluding ortho intramolecular Hbond substituents is 1. The molecule has 0 aliphatic rings. The zero-order valence-electron chi connectivity index (χ0n) is 9.93. The van der Waals surface area contributed by atoms with Crippen LogP contribution < -0.4 is 4.72 Å². The fraction of sp³-hybridized carbons (Fsp3) is 0.455. The summed E-state index contributed by atoms with van der Waals surface area (Å²) < 4.78 is 30.5. The maximum Gasteiger partial charge on any atom is 0.232 e. The first-order chi connectivity index (χ1) is 7.96. The first-order valence-electron chi connectivity index (χ1n) is 5.24. The molecule has 0 heterocycles. The Morgan fingerprint density at radius 3 is 2.76 bits per heavy atom. The SMILES string of the molecule is COCCCS(=O)(=O)Nc1cccc(C)c1O. The van der Waals surface area contributed by atoms with Gasteiger partial charge in [0.05, 0.1) is 11.4 Å². The van der Waals surface area contributed by atoms with Crippen LogP contribution in [-0.4, -0.2) is 33.0 Å². The third kappa shape index (κ3) is 4.24. The number of hydrogen-bond donors (Lipinski definition) is 2. The lowest BCUT2D eigenvalue weighted by atomic mass is 10.2. The summed E-state index contributed by atoms with van der Waals surface area (Å²) in [6.07, 6.45) is 0.415. The van der Waals surface area contributed by atoms with E-state index in [1.54, 1.807) is 19.1 Å². The molecule has 1 rings (SSSR count). The highest BCUT2D eigenvalue weighted by molar-refractivity contribution is 7.92. The van der Waals surface area contributed by atoms with Crippen molar-refractivity contribution < 1.29 is 18.3 Å². The smallest absolute Gasteiger partial charge is 0.232 e. The molecule has 0 spiro atoms. The lowest BCUT2D eigenvalue weighted by Crippen LogP contribution is -2.17. The van der Waals surface area contributed by atoms with Crippen molar-refractivity contribution in [3.63, 3.8) is 0 Å². The van der Waals surface area contributed by atoms with E-state index in [9.17, 15) is 13.5 Å². The van der Waals surface area contributed by atoms with Crippen molar-refractivity contribution in [3.05, 3.63) is 23.8 Å². The third-order valence-electron chi connectivity index (χ3n) is 2.26. The number of anilines is 1. The summed E-state index contributed by atoms with van der Waals surface area (Å²) in [4.78, 5) is 0. The summed E-state index contributed by atoms with van der Waals surface area (Å²) in [5.41, 5.74) is 0.838. The largest absolute Gasteiger partial charge is 0.505 e. The normalized spacial score (nSPS) is 11.4. The molecule has 2 N–H and O–H groups in total. The molecule has 1 aromatic rings. The van der Waals surface area contributed by atoms with Crippen LogP contribution in [-0.2, 0) is 14.8 Å². The van der Waals surface area contributed by atoms with Crippen molar-refractivity contribution in [2.45, 2.75) is 13.3 Å². The zero-order valence-corrected chi connectivity index (χ0v) is 10.8. The fourth-order valence-corrected chi connectivity index (χ4v) is 2.45. The quantitative estimate of drug-likeness (QED) is 0.599.